The van der Waals surface area contributed by atoms with Crippen LogP contribution in [-0.2, 0) is 6.54 Å². The highest BCUT2D eigenvalue weighted by molar-refractivity contribution is 5.64. The molecule has 0 aromatic heterocycles. The van der Waals surface area contributed by atoms with Crippen LogP contribution in [0.4, 0.5) is 4.39 Å². The smallest absolute Gasteiger partial charge is 0.128 e. The Bertz CT molecular complexity index is 585. The summed E-state index contributed by atoms with van der Waals surface area (Å²) < 4.78 is 14.2. The van der Waals surface area contributed by atoms with E-state index < -0.39 is 0 Å². The predicted octanol–water partition coefficient (Wildman–Crippen LogP) is 5.11. The summed E-state index contributed by atoms with van der Waals surface area (Å²) in [5, 5.41) is 3.24. The van der Waals surface area contributed by atoms with Crippen LogP contribution < -0.4 is 5.32 Å². The highest BCUT2D eigenvalue weighted by Crippen LogP contribution is 2.24. The molecule has 2 heteroatoms. The van der Waals surface area contributed by atoms with Gasteiger partial charge in [0, 0.05) is 18.2 Å². The van der Waals surface area contributed by atoms with Crippen LogP contribution in [0.15, 0.2) is 42.5 Å². The lowest BCUT2D eigenvalue weighted by Gasteiger charge is -2.11. The van der Waals surface area contributed by atoms with Gasteiger partial charge in [0.25, 0.3) is 0 Å². The zero-order valence-electron chi connectivity index (χ0n) is 13.3. The van der Waals surface area contributed by atoms with Crippen molar-refractivity contribution >= 4 is 0 Å². The molecule has 2 aromatic rings. The third-order valence-corrected chi connectivity index (χ3v) is 3.66. The van der Waals surface area contributed by atoms with Gasteiger partial charge in [0.2, 0.25) is 0 Å². The van der Waals surface area contributed by atoms with Crippen LogP contribution in [0.5, 0.6) is 0 Å². The number of hydrogen-bond acceptors (Lipinski definition) is 1. The van der Waals surface area contributed by atoms with E-state index in [0.29, 0.717) is 24.1 Å². The Kier molecular flexibility index (Phi) is 5.13. The number of nitrogens with one attached hydrogen (secondary N) is 1. The van der Waals surface area contributed by atoms with E-state index in [9.17, 15) is 4.39 Å². The SMILES string of the molecule is CC(C)NCc1ccc(-c2ccc(C(C)C)cc2)cc1F. The van der Waals surface area contributed by atoms with Gasteiger partial charge in [-0.2, -0.15) is 0 Å². The summed E-state index contributed by atoms with van der Waals surface area (Å²) in [5.41, 5.74) is 4.00. The second kappa shape index (κ2) is 6.86. The Labute approximate surface area is 127 Å². The number of benzene rings is 2. The zero-order chi connectivity index (χ0) is 15.4. The average molecular weight is 285 g/mol. The maximum absolute atomic E-state index is 14.2. The fourth-order valence-corrected chi connectivity index (χ4v) is 2.24. The fraction of sp³-hybridized carbons (Fsp3) is 0.368. The molecular formula is C19H24FN. The number of halogens is 1. The molecule has 1 nitrogen and oxygen atoms in total. The van der Waals surface area contributed by atoms with Crippen molar-refractivity contribution in [3.8, 4) is 11.1 Å². The van der Waals surface area contributed by atoms with Crippen LogP contribution in [0, 0.1) is 5.82 Å². The molecule has 21 heavy (non-hydrogen) atoms. The monoisotopic (exact) mass is 285 g/mol. The van der Waals surface area contributed by atoms with E-state index in [2.05, 4.69) is 57.3 Å². The molecular weight excluding hydrogens is 261 g/mol. The molecule has 112 valence electrons. The van der Waals surface area contributed by atoms with Gasteiger partial charge in [-0.1, -0.05) is 64.1 Å². The van der Waals surface area contributed by atoms with Crippen molar-refractivity contribution in [2.45, 2.75) is 46.2 Å². The molecule has 2 aromatic carbocycles. The normalized spacial score (nSPS) is 11.4. The second-order valence-electron chi connectivity index (χ2n) is 6.12. The second-order valence-corrected chi connectivity index (χ2v) is 6.12. The van der Waals surface area contributed by atoms with Crippen molar-refractivity contribution in [3.63, 3.8) is 0 Å². The average Bonchev–Trinajstić information content (AvgIpc) is 2.46. The molecule has 0 aliphatic rings. The Morgan fingerprint density at radius 2 is 1.52 bits per heavy atom. The summed E-state index contributed by atoms with van der Waals surface area (Å²) in [5.74, 6) is 0.369. The first-order valence-corrected chi connectivity index (χ1v) is 7.59. The third-order valence-electron chi connectivity index (χ3n) is 3.66. The molecule has 0 spiro atoms. The fourth-order valence-electron chi connectivity index (χ4n) is 2.24. The molecule has 0 fully saturated rings. The van der Waals surface area contributed by atoms with E-state index in [4.69, 9.17) is 0 Å². The Hall–Kier alpha value is -1.67. The lowest BCUT2D eigenvalue weighted by molar-refractivity contribution is 0.553. The van der Waals surface area contributed by atoms with Crippen LogP contribution in [0.1, 0.15) is 44.7 Å². The molecule has 0 saturated heterocycles. The molecule has 0 bridgehead atoms. The van der Waals surface area contributed by atoms with E-state index >= 15 is 0 Å². The minimum atomic E-state index is -0.145. The maximum atomic E-state index is 14.2. The lowest BCUT2D eigenvalue weighted by atomic mass is 9.98. The van der Waals surface area contributed by atoms with E-state index in [-0.39, 0.29) is 5.82 Å². The zero-order valence-corrected chi connectivity index (χ0v) is 13.3. The summed E-state index contributed by atoms with van der Waals surface area (Å²) >= 11 is 0. The Balaban J connectivity index is 2.19. The van der Waals surface area contributed by atoms with E-state index in [0.717, 1.165) is 11.1 Å². The maximum Gasteiger partial charge on any atom is 0.128 e. The third kappa shape index (κ3) is 4.15. The van der Waals surface area contributed by atoms with Crippen molar-refractivity contribution in [2.75, 3.05) is 0 Å². The van der Waals surface area contributed by atoms with Crippen molar-refractivity contribution in [3.05, 3.63) is 59.4 Å². The minimum Gasteiger partial charge on any atom is -0.310 e. The van der Waals surface area contributed by atoms with Gasteiger partial charge in [-0.15, -0.1) is 0 Å². The summed E-state index contributed by atoms with van der Waals surface area (Å²) in [7, 11) is 0. The standard InChI is InChI=1S/C19H24FN/c1-13(2)15-5-7-16(8-6-15)17-9-10-18(19(20)11-17)12-21-14(3)4/h5-11,13-14,21H,12H2,1-4H3. The molecule has 0 atom stereocenters. The molecule has 0 aliphatic heterocycles. The molecule has 0 radical (unpaired) electrons. The van der Waals surface area contributed by atoms with Gasteiger partial charge in [0.1, 0.15) is 5.82 Å². The lowest BCUT2D eigenvalue weighted by Crippen LogP contribution is -2.22. The highest BCUT2D eigenvalue weighted by Gasteiger charge is 2.06. The van der Waals surface area contributed by atoms with Crippen molar-refractivity contribution in [2.24, 2.45) is 0 Å². The van der Waals surface area contributed by atoms with E-state index in [1.54, 1.807) is 6.07 Å². The van der Waals surface area contributed by atoms with E-state index in [1.807, 2.05) is 12.1 Å². The number of hydrogen-bond donors (Lipinski definition) is 1. The first-order chi connectivity index (χ1) is 9.97. The Morgan fingerprint density at radius 3 is 2.05 bits per heavy atom. The van der Waals surface area contributed by atoms with Crippen LogP contribution in [0.25, 0.3) is 11.1 Å². The van der Waals surface area contributed by atoms with Crippen LogP contribution in [-0.4, -0.2) is 6.04 Å². The largest absolute Gasteiger partial charge is 0.310 e. The summed E-state index contributed by atoms with van der Waals surface area (Å²) in [4.78, 5) is 0. The van der Waals surface area contributed by atoms with Gasteiger partial charge in [-0.25, -0.2) is 4.39 Å². The van der Waals surface area contributed by atoms with Crippen molar-refractivity contribution in [1.29, 1.82) is 0 Å². The quantitative estimate of drug-likeness (QED) is 0.804. The Morgan fingerprint density at radius 1 is 0.905 bits per heavy atom. The molecule has 1 N–H and O–H groups in total. The molecule has 0 saturated carbocycles. The van der Waals surface area contributed by atoms with Gasteiger partial charge < -0.3 is 5.32 Å². The topological polar surface area (TPSA) is 12.0 Å². The summed E-state index contributed by atoms with van der Waals surface area (Å²) in [6, 6.07) is 14.2. The van der Waals surface area contributed by atoms with Gasteiger partial charge >= 0.3 is 0 Å². The summed E-state index contributed by atoms with van der Waals surface area (Å²) in [6.45, 7) is 9.03. The van der Waals surface area contributed by atoms with Crippen LogP contribution in [0.2, 0.25) is 0 Å². The van der Waals surface area contributed by atoms with Gasteiger partial charge in [0.15, 0.2) is 0 Å². The first-order valence-electron chi connectivity index (χ1n) is 7.59. The minimum absolute atomic E-state index is 0.145. The van der Waals surface area contributed by atoms with Crippen molar-refractivity contribution in [1.82, 2.24) is 5.32 Å². The van der Waals surface area contributed by atoms with Gasteiger partial charge in [-0.3, -0.25) is 0 Å². The van der Waals surface area contributed by atoms with E-state index in [1.165, 1.54) is 5.56 Å². The molecule has 0 unspecified atom stereocenters. The molecule has 2 rings (SSSR count). The summed E-state index contributed by atoms with van der Waals surface area (Å²) in [6.07, 6.45) is 0. The first kappa shape index (κ1) is 15.7. The van der Waals surface area contributed by atoms with Crippen molar-refractivity contribution < 1.29 is 4.39 Å². The van der Waals surface area contributed by atoms with Gasteiger partial charge in [-0.05, 0) is 28.7 Å². The molecule has 0 aliphatic carbocycles. The molecule has 0 heterocycles. The molecule has 0 amide bonds. The van der Waals surface area contributed by atoms with Crippen LogP contribution in [0.3, 0.4) is 0 Å². The van der Waals surface area contributed by atoms with Gasteiger partial charge in [0.05, 0.1) is 0 Å². The highest BCUT2D eigenvalue weighted by atomic mass is 19.1. The van der Waals surface area contributed by atoms with Crippen LogP contribution >= 0.6 is 0 Å². The number of rotatable bonds is 5. The predicted molar refractivity (Wildman–Crippen MR) is 87.9 cm³/mol.